The van der Waals surface area contributed by atoms with Crippen LogP contribution in [0.25, 0.3) is 55.5 Å². The summed E-state index contributed by atoms with van der Waals surface area (Å²) in [5.74, 6) is 0. The van der Waals surface area contributed by atoms with Crippen molar-refractivity contribution in [3.8, 4) is 44.5 Å². The van der Waals surface area contributed by atoms with Gasteiger partial charge in [0.1, 0.15) is 11.2 Å². The number of hydrogen-bond donors (Lipinski definition) is 0. The average molecular weight is 1010 g/mol. The zero-order valence-corrected chi connectivity index (χ0v) is 48.1. The Kier molecular flexibility index (Phi) is 10.9. The summed E-state index contributed by atoms with van der Waals surface area (Å²) in [7, 11) is 0. The van der Waals surface area contributed by atoms with Crippen LogP contribution in [0.15, 0.2) is 156 Å². The van der Waals surface area contributed by atoms with Crippen LogP contribution in [0.3, 0.4) is 0 Å². The van der Waals surface area contributed by atoms with E-state index in [4.69, 9.17) is 4.42 Å². The van der Waals surface area contributed by atoms with Crippen molar-refractivity contribution in [3.63, 3.8) is 0 Å². The van der Waals surface area contributed by atoms with Gasteiger partial charge in [0.2, 0.25) is 0 Å². The van der Waals surface area contributed by atoms with Crippen molar-refractivity contribution in [1.29, 1.82) is 0 Å². The van der Waals surface area contributed by atoms with Gasteiger partial charge in [-0.3, -0.25) is 0 Å². The third-order valence-electron chi connectivity index (χ3n) is 19.0. The fourth-order valence-electron chi connectivity index (χ4n) is 14.4. The third-order valence-corrected chi connectivity index (χ3v) is 19.0. The Labute approximate surface area is 459 Å². The number of rotatable bonds is 5. The number of aryl methyl sites for hydroxylation is 3. The second-order valence-electron chi connectivity index (χ2n) is 27.3. The van der Waals surface area contributed by atoms with Crippen LogP contribution < -0.4 is 20.8 Å². The standard InChI is InChI=1S/C73H75BN2O/c1-44-35-45(2)65(46(3)36-44)50-37-55-53-28-25-49(47-21-17-15-18-22-47)38-62(53)76(52-27-29-57-58(41-52)71(9,10)32-31-70(57,7)8)74-66(55)63(39-50)75(61-30-26-51(69(4,5)6)40-54(61)48-23-19-16-20-24-48)67-56-42-59-60(43-64(56)77-68(67)74)73(13,14)34-33-72(59,11)12/h15-30,35-43H,31-34H2,1-14H3. The Morgan fingerprint density at radius 1 is 0.468 bits per heavy atom. The van der Waals surface area contributed by atoms with Crippen LogP contribution in [-0.4, -0.2) is 6.85 Å². The molecule has 77 heavy (non-hydrogen) atoms. The van der Waals surface area contributed by atoms with Gasteiger partial charge in [-0.2, -0.15) is 0 Å². The van der Waals surface area contributed by atoms with E-state index in [1.807, 2.05) is 0 Å². The van der Waals surface area contributed by atoms with Gasteiger partial charge >= 0.3 is 6.85 Å². The average Bonchev–Trinajstić information content (AvgIpc) is 3.65. The van der Waals surface area contributed by atoms with E-state index in [0.29, 0.717) is 0 Å². The molecule has 9 aromatic rings. The highest BCUT2D eigenvalue weighted by atomic mass is 16.3. The van der Waals surface area contributed by atoms with Crippen molar-refractivity contribution in [2.75, 3.05) is 9.71 Å². The number of furan rings is 1. The highest BCUT2D eigenvalue weighted by Gasteiger charge is 2.51. The van der Waals surface area contributed by atoms with Crippen molar-refractivity contribution >= 4 is 57.4 Å². The lowest BCUT2D eigenvalue weighted by Crippen LogP contribution is -2.61. The molecule has 4 aliphatic rings. The molecule has 2 aliphatic heterocycles. The van der Waals surface area contributed by atoms with Gasteiger partial charge in [-0.05, 0) is 206 Å². The molecule has 0 saturated heterocycles. The lowest BCUT2D eigenvalue weighted by molar-refractivity contribution is 0.332. The fourth-order valence-corrected chi connectivity index (χ4v) is 14.4. The SMILES string of the molecule is Cc1cc(C)c(-c2cc3c4c(c2)N(c2ccc(C(C)(C)C)cc2-c2ccccc2)c2c(oc5cc6c(cc25)C(C)(C)CCC6(C)C)B4N(c2ccc4c(c2)C(C)(C)CCC4(C)C)c2cc(-c4ccccc4)ccc2-3)c(C)c1. The highest BCUT2D eigenvalue weighted by molar-refractivity contribution is 6.93. The maximum absolute atomic E-state index is 7.89. The summed E-state index contributed by atoms with van der Waals surface area (Å²) in [6.07, 6.45) is 4.56. The maximum atomic E-state index is 7.89. The van der Waals surface area contributed by atoms with E-state index in [9.17, 15) is 0 Å². The first-order valence-electron chi connectivity index (χ1n) is 28.5. The summed E-state index contributed by atoms with van der Waals surface area (Å²) in [4.78, 5) is 5.35. The van der Waals surface area contributed by atoms with Crippen LogP contribution in [0.2, 0.25) is 0 Å². The Morgan fingerprint density at radius 3 is 1.69 bits per heavy atom. The molecular formula is C73H75BN2O. The molecule has 3 nitrogen and oxygen atoms in total. The van der Waals surface area contributed by atoms with E-state index in [1.165, 1.54) is 123 Å². The topological polar surface area (TPSA) is 19.6 Å². The van der Waals surface area contributed by atoms with Crippen LogP contribution in [0, 0.1) is 20.8 Å². The summed E-state index contributed by atoms with van der Waals surface area (Å²) >= 11 is 0. The maximum Gasteiger partial charge on any atom is 0.375 e. The molecule has 1 aromatic heterocycles. The van der Waals surface area contributed by atoms with Crippen LogP contribution in [0.1, 0.15) is 146 Å². The van der Waals surface area contributed by atoms with Crippen molar-refractivity contribution < 1.29 is 4.42 Å². The second-order valence-corrected chi connectivity index (χ2v) is 27.3. The molecule has 0 bridgehead atoms. The van der Waals surface area contributed by atoms with Crippen LogP contribution >= 0.6 is 0 Å². The Balaban J connectivity index is 1.22. The fraction of sp³-hybridized carbons (Fsp3) is 0.315. The van der Waals surface area contributed by atoms with Gasteiger partial charge in [0.15, 0.2) is 0 Å². The minimum atomic E-state index is -0.309. The molecule has 4 heteroatoms. The lowest BCUT2D eigenvalue weighted by atomic mass is 9.45. The van der Waals surface area contributed by atoms with Crippen LogP contribution in [0.4, 0.5) is 28.4 Å². The molecule has 386 valence electrons. The summed E-state index contributed by atoms with van der Waals surface area (Å²) in [6.45, 7) is 33.1. The molecule has 0 fully saturated rings. The van der Waals surface area contributed by atoms with Crippen molar-refractivity contribution in [3.05, 3.63) is 196 Å². The van der Waals surface area contributed by atoms with Crippen molar-refractivity contribution in [2.45, 2.75) is 150 Å². The quantitative estimate of drug-likeness (QED) is 0.160. The van der Waals surface area contributed by atoms with E-state index >= 15 is 0 Å². The third kappa shape index (κ3) is 7.73. The zero-order valence-electron chi connectivity index (χ0n) is 48.1. The monoisotopic (exact) mass is 1010 g/mol. The molecule has 0 radical (unpaired) electrons. The van der Waals surface area contributed by atoms with E-state index < -0.39 is 0 Å². The molecule has 0 spiro atoms. The van der Waals surface area contributed by atoms with Gasteiger partial charge in [0, 0.05) is 33.6 Å². The zero-order chi connectivity index (χ0) is 53.9. The summed E-state index contributed by atoms with van der Waals surface area (Å²) < 4.78 is 7.89. The molecule has 13 rings (SSSR count). The molecule has 2 aliphatic carbocycles. The first-order valence-corrected chi connectivity index (χ1v) is 28.5. The highest BCUT2D eigenvalue weighted by Crippen LogP contribution is 2.56. The minimum absolute atomic E-state index is 0.00253. The second kappa shape index (κ2) is 17.0. The molecule has 0 N–H and O–H groups in total. The van der Waals surface area contributed by atoms with Gasteiger partial charge in [-0.1, -0.05) is 179 Å². The van der Waals surface area contributed by atoms with Crippen LogP contribution in [-0.2, 0) is 27.1 Å². The molecule has 0 unspecified atom stereocenters. The molecule has 0 amide bonds. The Hall–Kier alpha value is -7.04. The first kappa shape index (κ1) is 49.5. The first-order chi connectivity index (χ1) is 36.5. The number of benzene rings is 8. The molecular weight excluding hydrogens is 932 g/mol. The molecule has 0 atom stereocenters. The van der Waals surface area contributed by atoms with Gasteiger partial charge in [0.25, 0.3) is 0 Å². The Bertz CT molecular complexity index is 3880. The van der Waals surface area contributed by atoms with Gasteiger partial charge in [-0.15, -0.1) is 0 Å². The molecule has 0 saturated carbocycles. The number of anilines is 5. The summed E-state index contributed by atoms with van der Waals surface area (Å²) in [5, 5.41) is 1.17. The largest absolute Gasteiger partial charge is 0.466 e. The van der Waals surface area contributed by atoms with Gasteiger partial charge < -0.3 is 14.1 Å². The number of nitrogens with zero attached hydrogens (tertiary/aromatic N) is 2. The van der Waals surface area contributed by atoms with E-state index in [2.05, 4.69) is 258 Å². The minimum Gasteiger partial charge on any atom is -0.466 e. The van der Waals surface area contributed by atoms with Crippen molar-refractivity contribution in [1.82, 2.24) is 0 Å². The van der Waals surface area contributed by atoms with Gasteiger partial charge in [-0.25, -0.2) is 0 Å². The van der Waals surface area contributed by atoms with Crippen molar-refractivity contribution in [2.24, 2.45) is 0 Å². The predicted molar refractivity (Wildman–Crippen MR) is 330 cm³/mol. The number of hydrogen-bond acceptors (Lipinski definition) is 3. The van der Waals surface area contributed by atoms with Gasteiger partial charge in [0.05, 0.1) is 11.4 Å². The Morgan fingerprint density at radius 2 is 1.05 bits per heavy atom. The summed E-state index contributed by atoms with van der Waals surface area (Å²) in [5.41, 5.74) is 29.8. The van der Waals surface area contributed by atoms with Crippen LogP contribution in [0.5, 0.6) is 0 Å². The van der Waals surface area contributed by atoms with E-state index in [0.717, 1.165) is 41.9 Å². The lowest BCUT2D eigenvalue weighted by Gasteiger charge is -2.46. The number of fused-ring (bicyclic) bond motifs is 8. The smallest absolute Gasteiger partial charge is 0.375 e. The molecule has 3 heterocycles. The predicted octanol–water partition coefficient (Wildman–Crippen LogP) is 19.1. The molecule has 8 aromatic carbocycles. The van der Waals surface area contributed by atoms with E-state index in [-0.39, 0.29) is 33.9 Å². The summed E-state index contributed by atoms with van der Waals surface area (Å²) in [6, 6.07) is 58.9. The van der Waals surface area contributed by atoms with E-state index in [1.54, 1.807) is 0 Å². The normalized spacial score (nSPS) is 17.4.